The number of thiophene rings is 1. The summed E-state index contributed by atoms with van der Waals surface area (Å²) in [5.74, 6) is 0.951. The van der Waals surface area contributed by atoms with Gasteiger partial charge in [-0.05, 0) is 37.6 Å². The number of nitrogens with zero attached hydrogens (tertiary/aromatic N) is 2. The number of H-pyrrole nitrogens is 1. The van der Waals surface area contributed by atoms with E-state index in [0.717, 1.165) is 34.8 Å². The van der Waals surface area contributed by atoms with Gasteiger partial charge in [0.15, 0.2) is 6.29 Å². The predicted molar refractivity (Wildman–Crippen MR) is 157 cm³/mol. The average molecular weight is 526 g/mol. The number of aromatic nitrogens is 2. The maximum atomic E-state index is 10.5. The first-order valence-electron chi connectivity index (χ1n) is 13.1. The second-order valence-corrected chi connectivity index (χ2v) is 9.70. The van der Waals surface area contributed by atoms with Crippen molar-refractivity contribution in [3.05, 3.63) is 76.4 Å². The van der Waals surface area contributed by atoms with E-state index < -0.39 is 0 Å². The molecule has 4 aromatic rings. The topological polar surface area (TPSA) is 49.0 Å². The Bertz CT molecular complexity index is 1150. The lowest BCUT2D eigenvalue weighted by Gasteiger charge is -2.31. The van der Waals surface area contributed by atoms with Crippen LogP contribution in [0, 0.1) is 0 Å². The first-order valence-corrected chi connectivity index (χ1v) is 14.3. The van der Waals surface area contributed by atoms with E-state index in [1.165, 1.54) is 54.6 Å². The van der Waals surface area contributed by atoms with Crippen molar-refractivity contribution in [1.82, 2.24) is 14.9 Å². The zero-order valence-electron chi connectivity index (χ0n) is 22.3. The minimum absolute atomic E-state index is 0.575. The number of hydrogen-bond acceptors (Lipinski definition) is 4. The van der Waals surface area contributed by atoms with Crippen LogP contribution in [0.5, 0.6) is 0 Å². The van der Waals surface area contributed by atoms with Crippen molar-refractivity contribution < 1.29 is 4.79 Å². The van der Waals surface area contributed by atoms with Gasteiger partial charge >= 0.3 is 0 Å². The van der Waals surface area contributed by atoms with Gasteiger partial charge in [-0.3, -0.25) is 9.69 Å². The predicted octanol–water partition coefficient (Wildman–Crippen LogP) is 9.26. The first kappa shape index (κ1) is 29.8. The van der Waals surface area contributed by atoms with E-state index in [4.69, 9.17) is 11.6 Å². The summed E-state index contributed by atoms with van der Waals surface area (Å²) in [7, 11) is 2.26. The van der Waals surface area contributed by atoms with E-state index in [0.29, 0.717) is 9.90 Å². The van der Waals surface area contributed by atoms with Gasteiger partial charge in [0.1, 0.15) is 5.82 Å². The molecule has 0 amide bonds. The van der Waals surface area contributed by atoms with Crippen LogP contribution in [-0.2, 0) is 6.54 Å². The molecule has 1 fully saturated rings. The van der Waals surface area contributed by atoms with E-state index in [1.54, 1.807) is 6.20 Å². The van der Waals surface area contributed by atoms with Gasteiger partial charge in [0.2, 0.25) is 0 Å². The molecule has 0 radical (unpaired) electrons. The summed E-state index contributed by atoms with van der Waals surface area (Å²) >= 11 is 7.36. The van der Waals surface area contributed by atoms with Crippen LogP contribution < -0.4 is 0 Å². The van der Waals surface area contributed by atoms with Crippen molar-refractivity contribution in [3.8, 4) is 11.4 Å². The maximum Gasteiger partial charge on any atom is 0.161 e. The van der Waals surface area contributed by atoms with Crippen molar-refractivity contribution in [2.45, 2.75) is 72.4 Å². The quantitative estimate of drug-likeness (QED) is 0.264. The average Bonchev–Trinajstić information content (AvgIpc) is 3.61. The molecule has 4 nitrogen and oxygen atoms in total. The molecule has 1 saturated carbocycles. The number of nitrogens with one attached hydrogen (secondary N) is 1. The van der Waals surface area contributed by atoms with Crippen molar-refractivity contribution in [3.63, 3.8) is 0 Å². The fraction of sp³-hybridized carbons (Fsp3) is 0.400. The second kappa shape index (κ2) is 16.3. The Morgan fingerprint density at radius 1 is 1.06 bits per heavy atom. The third-order valence-corrected chi connectivity index (χ3v) is 7.61. The summed E-state index contributed by atoms with van der Waals surface area (Å²) in [5, 5.41) is 1.54. The van der Waals surface area contributed by atoms with E-state index in [-0.39, 0.29) is 0 Å². The van der Waals surface area contributed by atoms with Gasteiger partial charge < -0.3 is 4.98 Å². The van der Waals surface area contributed by atoms with Gasteiger partial charge in [-0.15, -0.1) is 11.3 Å². The molecular formula is C30H40ClN3OS. The number of fused-ring (bicyclic) bond motifs is 1. The van der Waals surface area contributed by atoms with Crippen molar-refractivity contribution in [1.29, 1.82) is 0 Å². The van der Waals surface area contributed by atoms with Crippen molar-refractivity contribution in [2.75, 3.05) is 7.05 Å². The SMILES string of the molecule is CC.CC.CN(Cc1cccc(-c2ncc[nH]2)c1)C1CCCCC1.O=Cc1sc2ccccc2c1Cl. The smallest absolute Gasteiger partial charge is 0.161 e. The van der Waals surface area contributed by atoms with Crippen LogP contribution in [0.4, 0.5) is 0 Å². The number of rotatable bonds is 5. The maximum absolute atomic E-state index is 10.5. The number of aromatic amines is 1. The minimum Gasteiger partial charge on any atom is -0.345 e. The monoisotopic (exact) mass is 525 g/mol. The Morgan fingerprint density at radius 3 is 2.42 bits per heavy atom. The third-order valence-electron chi connectivity index (χ3n) is 6.00. The van der Waals surface area contributed by atoms with Crippen LogP contribution in [0.25, 0.3) is 21.5 Å². The van der Waals surface area contributed by atoms with E-state index in [9.17, 15) is 4.79 Å². The third kappa shape index (κ3) is 8.29. The molecule has 36 heavy (non-hydrogen) atoms. The molecule has 2 heterocycles. The van der Waals surface area contributed by atoms with Crippen LogP contribution in [-0.4, -0.2) is 34.2 Å². The zero-order chi connectivity index (χ0) is 26.3. The lowest BCUT2D eigenvalue weighted by molar-refractivity contribution is 0.112. The standard InChI is InChI=1S/C17H23N3.C9H5ClOS.2C2H6/c1-20(16-8-3-2-4-9-16)13-14-6-5-7-15(12-14)17-18-10-11-19-17;10-9-6-3-1-2-4-7(6)12-8(9)5-11;2*1-2/h5-7,10-12,16H,2-4,8-9,13H2,1H3,(H,18,19);1-5H;2*1-2H3. The molecule has 5 rings (SSSR count). The normalized spacial score (nSPS) is 13.1. The van der Waals surface area contributed by atoms with E-state index >= 15 is 0 Å². The minimum atomic E-state index is 0.575. The Kier molecular flexibility index (Phi) is 13.5. The summed E-state index contributed by atoms with van der Waals surface area (Å²) in [4.78, 5) is 21.1. The van der Waals surface area contributed by atoms with Crippen molar-refractivity contribution in [2.24, 2.45) is 0 Å². The first-order chi connectivity index (χ1) is 17.7. The van der Waals surface area contributed by atoms with E-state index in [2.05, 4.69) is 46.2 Å². The molecule has 0 aliphatic heterocycles. The zero-order valence-corrected chi connectivity index (χ0v) is 23.8. The number of halogens is 1. The Hall–Kier alpha value is -2.47. The number of imidazole rings is 1. The molecule has 0 bridgehead atoms. The molecule has 0 spiro atoms. The molecule has 2 aromatic heterocycles. The van der Waals surface area contributed by atoms with Crippen LogP contribution >= 0.6 is 22.9 Å². The van der Waals surface area contributed by atoms with Gasteiger partial charge in [0.25, 0.3) is 0 Å². The molecule has 1 aliphatic carbocycles. The lowest BCUT2D eigenvalue weighted by atomic mass is 9.94. The van der Waals surface area contributed by atoms with Gasteiger partial charge in [-0.25, -0.2) is 4.98 Å². The van der Waals surface area contributed by atoms with Gasteiger partial charge in [0.05, 0.1) is 9.90 Å². The fourth-order valence-electron chi connectivity index (χ4n) is 4.29. The molecule has 0 unspecified atom stereocenters. The summed E-state index contributed by atoms with van der Waals surface area (Å²) in [6.45, 7) is 9.03. The Balaban J connectivity index is 0.000000244. The van der Waals surface area contributed by atoms with Crippen molar-refractivity contribution >= 4 is 39.3 Å². The van der Waals surface area contributed by atoms with Crippen LogP contribution in [0.3, 0.4) is 0 Å². The number of carbonyl (C=O) groups excluding carboxylic acids is 1. The highest BCUT2D eigenvalue weighted by molar-refractivity contribution is 7.21. The Labute approximate surface area is 225 Å². The molecule has 0 saturated heterocycles. The summed E-state index contributed by atoms with van der Waals surface area (Å²) < 4.78 is 1.06. The largest absolute Gasteiger partial charge is 0.345 e. The summed E-state index contributed by atoms with van der Waals surface area (Å²) in [6.07, 6.45) is 11.4. The highest BCUT2D eigenvalue weighted by atomic mass is 35.5. The molecule has 194 valence electrons. The molecule has 1 N–H and O–H groups in total. The summed E-state index contributed by atoms with van der Waals surface area (Å²) in [6, 6.07) is 17.2. The number of hydrogen-bond donors (Lipinski definition) is 1. The van der Waals surface area contributed by atoms with Crippen LogP contribution in [0.15, 0.2) is 60.9 Å². The highest BCUT2D eigenvalue weighted by Gasteiger charge is 2.18. The van der Waals surface area contributed by atoms with Gasteiger partial charge in [-0.2, -0.15) is 0 Å². The number of carbonyl (C=O) groups is 1. The second-order valence-electron chi connectivity index (χ2n) is 8.24. The van der Waals surface area contributed by atoms with E-state index in [1.807, 2.05) is 58.2 Å². The van der Waals surface area contributed by atoms with Crippen LogP contribution in [0.1, 0.15) is 75.0 Å². The molecular weight excluding hydrogens is 486 g/mol. The highest BCUT2D eigenvalue weighted by Crippen LogP contribution is 2.33. The van der Waals surface area contributed by atoms with Gasteiger partial charge in [-0.1, -0.05) is 95.0 Å². The lowest BCUT2D eigenvalue weighted by Crippen LogP contribution is -2.32. The van der Waals surface area contributed by atoms with Crippen LogP contribution in [0.2, 0.25) is 5.02 Å². The summed E-state index contributed by atoms with van der Waals surface area (Å²) in [5.41, 5.74) is 2.54. The number of aldehydes is 1. The molecule has 1 aliphatic rings. The molecule has 2 aromatic carbocycles. The molecule has 6 heteroatoms. The molecule has 0 atom stereocenters. The Morgan fingerprint density at radius 2 is 1.78 bits per heavy atom. The van der Waals surface area contributed by atoms with Gasteiger partial charge in [0, 0.05) is 40.6 Å². The fourth-order valence-corrected chi connectivity index (χ4v) is 5.58. The number of benzene rings is 2.